The first-order valence-electron chi connectivity index (χ1n) is 4.85. The van der Waals surface area contributed by atoms with Crippen LogP contribution in [0.25, 0.3) is 21.5 Å². The topological polar surface area (TPSA) is 26.0 Å². The maximum Gasteiger partial charge on any atom is 0.150 e. The summed E-state index contributed by atoms with van der Waals surface area (Å²) < 4.78 is 7.69. The highest BCUT2D eigenvalue weighted by Crippen LogP contribution is 2.31. The van der Waals surface area contributed by atoms with Crippen molar-refractivity contribution in [1.29, 1.82) is 0 Å². The van der Waals surface area contributed by atoms with Gasteiger partial charge in [0.2, 0.25) is 0 Å². The van der Waals surface area contributed by atoms with Gasteiger partial charge in [-0.15, -0.1) is 11.3 Å². The van der Waals surface area contributed by atoms with Crippen LogP contribution in [0.4, 0.5) is 0 Å². The van der Waals surface area contributed by atoms with Crippen LogP contribution in [0.1, 0.15) is 0 Å². The summed E-state index contributed by atoms with van der Waals surface area (Å²) >= 11 is 3.40. The van der Waals surface area contributed by atoms with Crippen LogP contribution in [0.3, 0.4) is 0 Å². The van der Waals surface area contributed by atoms with Crippen LogP contribution in [0.5, 0.6) is 0 Å². The van der Waals surface area contributed by atoms with Gasteiger partial charge in [0.05, 0.1) is 16.5 Å². The van der Waals surface area contributed by atoms with Gasteiger partial charge in [0.25, 0.3) is 0 Å². The first kappa shape index (κ1) is 9.93. The van der Waals surface area contributed by atoms with Crippen molar-refractivity contribution in [3.8, 4) is 11.3 Å². The van der Waals surface area contributed by atoms with Crippen LogP contribution in [-0.2, 0) is 0 Å². The lowest BCUT2D eigenvalue weighted by molar-refractivity contribution is 0.582. The summed E-state index contributed by atoms with van der Waals surface area (Å²) in [5.41, 5.74) is 2.17. The molecule has 2 aromatic heterocycles. The monoisotopic (exact) mass is 247 g/mol. The van der Waals surface area contributed by atoms with E-state index in [4.69, 9.17) is 4.42 Å². The van der Waals surface area contributed by atoms with Gasteiger partial charge in [-0.2, -0.15) is 0 Å². The first-order valence-corrected chi connectivity index (χ1v) is 6.89. The average Bonchev–Trinajstić information content (AvgIpc) is 2.96. The largest absolute Gasteiger partial charge is 0.464 e. The minimum absolute atomic E-state index is 0.904. The standard InChI is InChI=1S/C12H9NOS2/c1-15-12-13-9-5-4-8(7-11(9)16-12)10-3-2-6-14-10/h2-7H,1H3. The molecule has 1 aromatic carbocycles. The summed E-state index contributed by atoms with van der Waals surface area (Å²) in [5, 5.41) is 0. The third-order valence-corrected chi connectivity index (χ3v) is 4.35. The van der Waals surface area contributed by atoms with E-state index in [9.17, 15) is 0 Å². The van der Waals surface area contributed by atoms with E-state index < -0.39 is 0 Å². The highest BCUT2D eigenvalue weighted by molar-refractivity contribution is 8.00. The fraction of sp³-hybridized carbons (Fsp3) is 0.0833. The van der Waals surface area contributed by atoms with Crippen LogP contribution < -0.4 is 0 Å². The number of fused-ring (bicyclic) bond motifs is 1. The molecule has 4 heteroatoms. The number of thioether (sulfide) groups is 1. The quantitative estimate of drug-likeness (QED) is 0.632. The second-order valence-electron chi connectivity index (χ2n) is 3.34. The van der Waals surface area contributed by atoms with E-state index in [1.54, 1.807) is 29.4 Å². The van der Waals surface area contributed by atoms with E-state index >= 15 is 0 Å². The number of rotatable bonds is 2. The molecule has 0 aliphatic carbocycles. The van der Waals surface area contributed by atoms with Crippen LogP contribution in [0.2, 0.25) is 0 Å². The van der Waals surface area contributed by atoms with E-state index in [2.05, 4.69) is 11.1 Å². The Morgan fingerprint density at radius 2 is 2.25 bits per heavy atom. The Morgan fingerprint density at radius 3 is 3.00 bits per heavy atom. The Kier molecular flexibility index (Phi) is 2.46. The molecule has 0 aliphatic rings. The molecule has 2 nitrogen and oxygen atoms in total. The van der Waals surface area contributed by atoms with Gasteiger partial charge in [0.15, 0.2) is 4.34 Å². The molecule has 3 rings (SSSR count). The average molecular weight is 247 g/mol. The van der Waals surface area contributed by atoms with Crippen LogP contribution in [-0.4, -0.2) is 11.2 Å². The van der Waals surface area contributed by atoms with E-state index in [0.29, 0.717) is 0 Å². The summed E-state index contributed by atoms with van der Waals surface area (Å²) in [5.74, 6) is 0.904. The minimum atomic E-state index is 0.904. The lowest BCUT2D eigenvalue weighted by Crippen LogP contribution is -1.73. The summed E-state index contributed by atoms with van der Waals surface area (Å²) in [7, 11) is 0. The van der Waals surface area contributed by atoms with Crippen molar-refractivity contribution >= 4 is 33.3 Å². The Bertz CT molecular complexity index is 613. The molecule has 0 saturated carbocycles. The van der Waals surface area contributed by atoms with Crippen LogP contribution >= 0.6 is 23.1 Å². The molecular formula is C12H9NOS2. The van der Waals surface area contributed by atoms with E-state index in [-0.39, 0.29) is 0 Å². The number of benzene rings is 1. The second-order valence-corrected chi connectivity index (χ2v) is 5.43. The van der Waals surface area contributed by atoms with Gasteiger partial charge in [-0.1, -0.05) is 11.8 Å². The molecule has 16 heavy (non-hydrogen) atoms. The molecule has 0 bridgehead atoms. The van der Waals surface area contributed by atoms with Gasteiger partial charge in [0.1, 0.15) is 5.76 Å². The van der Waals surface area contributed by atoms with Crippen LogP contribution in [0, 0.1) is 0 Å². The fourth-order valence-corrected chi connectivity index (χ4v) is 3.12. The molecule has 0 atom stereocenters. The van der Waals surface area contributed by atoms with Gasteiger partial charge in [-0.3, -0.25) is 0 Å². The maximum atomic E-state index is 5.38. The summed E-state index contributed by atoms with van der Waals surface area (Å²) in [6.07, 6.45) is 3.74. The third-order valence-electron chi connectivity index (χ3n) is 2.35. The van der Waals surface area contributed by atoms with Gasteiger partial charge >= 0.3 is 0 Å². The highest BCUT2D eigenvalue weighted by Gasteiger charge is 2.06. The number of hydrogen-bond acceptors (Lipinski definition) is 4. The molecular weight excluding hydrogens is 238 g/mol. The zero-order valence-electron chi connectivity index (χ0n) is 8.64. The molecule has 0 aliphatic heterocycles. The molecule has 80 valence electrons. The Morgan fingerprint density at radius 1 is 1.31 bits per heavy atom. The van der Waals surface area contributed by atoms with Crippen molar-refractivity contribution < 1.29 is 4.42 Å². The van der Waals surface area contributed by atoms with Crippen molar-refractivity contribution in [2.75, 3.05) is 6.26 Å². The second kappa shape index (κ2) is 3.96. The van der Waals surface area contributed by atoms with Gasteiger partial charge in [-0.25, -0.2) is 4.98 Å². The molecule has 0 spiro atoms. The predicted octanol–water partition coefficient (Wildman–Crippen LogP) is 4.28. The summed E-state index contributed by atoms with van der Waals surface area (Å²) in [6, 6.07) is 10.1. The molecule has 0 unspecified atom stereocenters. The van der Waals surface area contributed by atoms with Crippen molar-refractivity contribution in [2.45, 2.75) is 4.34 Å². The van der Waals surface area contributed by atoms with Gasteiger partial charge < -0.3 is 4.42 Å². The van der Waals surface area contributed by atoms with E-state index in [1.807, 2.05) is 30.5 Å². The molecule has 0 amide bonds. The Labute approximate surface area is 101 Å². The third kappa shape index (κ3) is 1.64. The molecule has 0 N–H and O–H groups in total. The molecule has 0 saturated heterocycles. The lowest BCUT2D eigenvalue weighted by atomic mass is 10.2. The van der Waals surface area contributed by atoms with Gasteiger partial charge in [-0.05, 0) is 36.6 Å². The normalized spacial score (nSPS) is 11.1. The summed E-state index contributed by atoms with van der Waals surface area (Å²) in [4.78, 5) is 4.50. The first-order chi connectivity index (χ1) is 7.86. The van der Waals surface area contributed by atoms with E-state index in [1.165, 1.54) is 4.70 Å². The SMILES string of the molecule is CSc1nc2ccc(-c3ccco3)cc2s1. The Balaban J connectivity index is 2.15. The molecule has 0 radical (unpaired) electrons. The van der Waals surface area contributed by atoms with Crippen molar-refractivity contribution in [3.63, 3.8) is 0 Å². The number of aromatic nitrogens is 1. The van der Waals surface area contributed by atoms with Crippen molar-refractivity contribution in [2.24, 2.45) is 0 Å². The lowest BCUT2D eigenvalue weighted by Gasteiger charge is -1.95. The summed E-state index contributed by atoms with van der Waals surface area (Å²) in [6.45, 7) is 0. The maximum absolute atomic E-state index is 5.38. The predicted molar refractivity (Wildman–Crippen MR) is 69.1 cm³/mol. The number of hydrogen-bond donors (Lipinski definition) is 0. The Hall–Kier alpha value is -1.26. The smallest absolute Gasteiger partial charge is 0.150 e. The van der Waals surface area contributed by atoms with Crippen molar-refractivity contribution in [1.82, 2.24) is 4.98 Å². The minimum Gasteiger partial charge on any atom is -0.464 e. The van der Waals surface area contributed by atoms with Crippen molar-refractivity contribution in [3.05, 3.63) is 36.6 Å². The highest BCUT2D eigenvalue weighted by atomic mass is 32.2. The number of thiazole rings is 1. The molecule has 2 heterocycles. The van der Waals surface area contributed by atoms with Gasteiger partial charge in [0, 0.05) is 5.56 Å². The van der Waals surface area contributed by atoms with Crippen LogP contribution in [0.15, 0.2) is 45.4 Å². The number of furan rings is 1. The molecule has 0 fully saturated rings. The fourth-order valence-electron chi connectivity index (χ4n) is 1.59. The van der Waals surface area contributed by atoms with E-state index in [0.717, 1.165) is 21.2 Å². The molecule has 3 aromatic rings. The zero-order chi connectivity index (χ0) is 11.0. The zero-order valence-corrected chi connectivity index (χ0v) is 10.3. The number of nitrogens with zero attached hydrogens (tertiary/aromatic N) is 1.